The Hall–Kier alpha value is 0.140. The van der Waals surface area contributed by atoms with Gasteiger partial charge in [0, 0.05) is 41.9 Å². The average molecular weight is 304 g/mol. The lowest BCUT2D eigenvalue weighted by molar-refractivity contribution is 0.589. The zero-order valence-corrected chi connectivity index (χ0v) is 11.7. The quantitative estimate of drug-likeness (QED) is 0.857. The van der Waals surface area contributed by atoms with Gasteiger partial charge in [-0.3, -0.25) is 0 Å². The van der Waals surface area contributed by atoms with Gasteiger partial charge >= 0.3 is 0 Å². The van der Waals surface area contributed by atoms with Gasteiger partial charge in [-0.25, -0.2) is 0 Å². The summed E-state index contributed by atoms with van der Waals surface area (Å²) in [5.74, 6) is 0. The lowest BCUT2D eigenvalue weighted by Gasteiger charge is -2.29. The summed E-state index contributed by atoms with van der Waals surface area (Å²) in [5, 5.41) is 4.71. The zero-order valence-electron chi connectivity index (χ0n) is 8.58. The van der Waals surface area contributed by atoms with Crippen molar-refractivity contribution in [1.29, 1.82) is 0 Å². The summed E-state index contributed by atoms with van der Waals surface area (Å²) >= 11 is 11.9. The van der Waals surface area contributed by atoms with Crippen molar-refractivity contribution in [1.82, 2.24) is 5.32 Å². The molecule has 0 bridgehead atoms. The Labute approximate surface area is 118 Å². The molecule has 0 unspecified atom stereocenters. The highest BCUT2D eigenvalue weighted by Gasteiger charge is 2.11. The summed E-state index contributed by atoms with van der Waals surface area (Å²) < 4.78 is 0. The molecule has 0 amide bonds. The third-order valence-electron chi connectivity index (χ3n) is 2.33. The molecule has 16 heavy (non-hydrogen) atoms. The Morgan fingerprint density at radius 1 is 0.938 bits per heavy atom. The largest absolute Gasteiger partial charge is 0.369 e. The molecule has 0 spiro atoms. The zero-order chi connectivity index (χ0) is 9.97. The Morgan fingerprint density at radius 3 is 1.94 bits per heavy atom. The first kappa shape index (κ1) is 16.1. The van der Waals surface area contributed by atoms with Crippen LogP contribution in [0.2, 0.25) is 10.0 Å². The second-order valence-electron chi connectivity index (χ2n) is 3.36. The van der Waals surface area contributed by atoms with E-state index in [1.165, 1.54) is 0 Å². The fourth-order valence-corrected chi connectivity index (χ4v) is 2.16. The van der Waals surface area contributed by atoms with E-state index in [1.54, 1.807) is 6.07 Å². The molecule has 1 fully saturated rings. The Bertz CT molecular complexity index is 306. The molecule has 1 heterocycles. The van der Waals surface area contributed by atoms with Crippen molar-refractivity contribution in [2.75, 3.05) is 31.1 Å². The van der Waals surface area contributed by atoms with E-state index in [0.717, 1.165) is 31.9 Å². The minimum Gasteiger partial charge on any atom is -0.369 e. The number of benzene rings is 1. The van der Waals surface area contributed by atoms with Crippen LogP contribution >= 0.6 is 48.0 Å². The third kappa shape index (κ3) is 4.19. The van der Waals surface area contributed by atoms with Gasteiger partial charge in [-0.05, 0) is 18.2 Å². The Kier molecular flexibility index (Phi) is 7.53. The van der Waals surface area contributed by atoms with Crippen LogP contribution in [-0.2, 0) is 0 Å². The van der Waals surface area contributed by atoms with Crippen LogP contribution in [0, 0.1) is 0 Å². The number of piperazine rings is 1. The smallest absolute Gasteiger partial charge is 0.0441 e. The first-order valence-corrected chi connectivity index (χ1v) is 5.43. The van der Waals surface area contributed by atoms with Crippen LogP contribution < -0.4 is 10.2 Å². The van der Waals surface area contributed by atoms with Crippen molar-refractivity contribution in [2.45, 2.75) is 0 Å². The van der Waals surface area contributed by atoms with Crippen LogP contribution in [0.25, 0.3) is 0 Å². The maximum absolute atomic E-state index is 5.94. The van der Waals surface area contributed by atoms with Crippen LogP contribution in [0.5, 0.6) is 0 Å². The molecular formula is C10H14Cl4N2. The topological polar surface area (TPSA) is 15.3 Å². The summed E-state index contributed by atoms with van der Waals surface area (Å²) in [6, 6.07) is 5.67. The normalized spacial score (nSPS) is 15.0. The Morgan fingerprint density at radius 2 is 1.44 bits per heavy atom. The van der Waals surface area contributed by atoms with Gasteiger partial charge in [0.25, 0.3) is 0 Å². The van der Waals surface area contributed by atoms with Crippen molar-refractivity contribution in [2.24, 2.45) is 0 Å². The maximum Gasteiger partial charge on any atom is 0.0441 e. The van der Waals surface area contributed by atoms with Gasteiger partial charge in [-0.15, -0.1) is 24.8 Å². The number of nitrogens with one attached hydrogen (secondary N) is 1. The molecule has 1 aromatic rings. The maximum atomic E-state index is 5.94. The molecule has 0 atom stereocenters. The van der Waals surface area contributed by atoms with Crippen LogP contribution in [0.15, 0.2) is 18.2 Å². The fourth-order valence-electron chi connectivity index (χ4n) is 1.64. The van der Waals surface area contributed by atoms with Gasteiger partial charge < -0.3 is 10.2 Å². The molecule has 0 aromatic heterocycles. The predicted octanol–water partition coefficient (Wildman–Crippen LogP) is 3.25. The molecule has 1 aliphatic heterocycles. The van der Waals surface area contributed by atoms with Gasteiger partial charge in [-0.1, -0.05) is 23.2 Å². The molecule has 92 valence electrons. The minimum atomic E-state index is 0. The van der Waals surface area contributed by atoms with Gasteiger partial charge in [0.15, 0.2) is 0 Å². The van der Waals surface area contributed by atoms with Gasteiger partial charge in [-0.2, -0.15) is 0 Å². The minimum absolute atomic E-state index is 0. The van der Waals surface area contributed by atoms with E-state index in [2.05, 4.69) is 10.2 Å². The fraction of sp³-hybridized carbons (Fsp3) is 0.400. The molecule has 1 saturated heterocycles. The van der Waals surface area contributed by atoms with Crippen molar-refractivity contribution in [3.8, 4) is 0 Å². The predicted molar refractivity (Wildman–Crippen MR) is 76.0 cm³/mol. The monoisotopic (exact) mass is 302 g/mol. The van der Waals surface area contributed by atoms with Crippen molar-refractivity contribution in [3.63, 3.8) is 0 Å². The SMILES string of the molecule is Cl.Cl.Clc1cc(Cl)cc(N2CCNCC2)c1. The lowest BCUT2D eigenvalue weighted by atomic mass is 10.2. The van der Waals surface area contributed by atoms with Crippen LogP contribution in [0.1, 0.15) is 0 Å². The molecule has 0 radical (unpaired) electrons. The van der Waals surface area contributed by atoms with E-state index in [1.807, 2.05) is 12.1 Å². The van der Waals surface area contributed by atoms with Gasteiger partial charge in [0.2, 0.25) is 0 Å². The van der Waals surface area contributed by atoms with Crippen molar-refractivity contribution < 1.29 is 0 Å². The summed E-state index contributed by atoms with van der Waals surface area (Å²) in [6.45, 7) is 4.06. The molecule has 1 N–H and O–H groups in total. The number of nitrogens with zero attached hydrogens (tertiary/aromatic N) is 1. The lowest BCUT2D eigenvalue weighted by Crippen LogP contribution is -2.43. The third-order valence-corrected chi connectivity index (χ3v) is 2.77. The number of anilines is 1. The van der Waals surface area contributed by atoms with E-state index >= 15 is 0 Å². The number of hydrogen-bond donors (Lipinski definition) is 1. The first-order valence-electron chi connectivity index (χ1n) is 4.67. The highest BCUT2D eigenvalue weighted by molar-refractivity contribution is 6.35. The number of rotatable bonds is 1. The van der Waals surface area contributed by atoms with Crippen LogP contribution in [0.4, 0.5) is 5.69 Å². The molecule has 2 nitrogen and oxygen atoms in total. The van der Waals surface area contributed by atoms with Gasteiger partial charge in [0.1, 0.15) is 0 Å². The number of hydrogen-bond acceptors (Lipinski definition) is 2. The molecule has 0 aliphatic carbocycles. The summed E-state index contributed by atoms with van der Waals surface area (Å²) in [6.07, 6.45) is 0. The van der Waals surface area contributed by atoms with Crippen molar-refractivity contribution in [3.05, 3.63) is 28.2 Å². The highest BCUT2D eigenvalue weighted by atomic mass is 35.5. The standard InChI is InChI=1S/C10H12Cl2N2.2ClH/c11-8-5-9(12)7-10(6-8)14-3-1-13-2-4-14;;/h5-7,13H,1-4H2;2*1H. The number of halogens is 4. The molecular weight excluding hydrogens is 290 g/mol. The molecule has 1 aromatic carbocycles. The molecule has 2 rings (SSSR count). The second-order valence-corrected chi connectivity index (χ2v) is 4.24. The van der Waals surface area contributed by atoms with E-state index < -0.39 is 0 Å². The first-order chi connectivity index (χ1) is 6.75. The molecule has 1 aliphatic rings. The van der Waals surface area contributed by atoms with Gasteiger partial charge in [0.05, 0.1) is 0 Å². The van der Waals surface area contributed by atoms with E-state index in [9.17, 15) is 0 Å². The van der Waals surface area contributed by atoms with E-state index in [0.29, 0.717) is 10.0 Å². The van der Waals surface area contributed by atoms with Crippen LogP contribution in [0.3, 0.4) is 0 Å². The molecule has 6 heteroatoms. The van der Waals surface area contributed by atoms with Crippen LogP contribution in [-0.4, -0.2) is 26.2 Å². The van der Waals surface area contributed by atoms with Crippen molar-refractivity contribution >= 4 is 53.7 Å². The Balaban J connectivity index is 0.00000112. The summed E-state index contributed by atoms with van der Waals surface area (Å²) in [5.41, 5.74) is 1.11. The summed E-state index contributed by atoms with van der Waals surface area (Å²) in [4.78, 5) is 2.29. The van der Waals surface area contributed by atoms with E-state index in [-0.39, 0.29) is 24.8 Å². The second kappa shape index (κ2) is 7.46. The molecule has 0 saturated carbocycles. The van der Waals surface area contributed by atoms with E-state index in [4.69, 9.17) is 23.2 Å². The summed E-state index contributed by atoms with van der Waals surface area (Å²) in [7, 11) is 0. The average Bonchev–Trinajstić information content (AvgIpc) is 2.18. The highest BCUT2D eigenvalue weighted by Crippen LogP contribution is 2.25.